The first-order valence-corrected chi connectivity index (χ1v) is 7.87. The number of benzene rings is 1. The minimum Gasteiger partial charge on any atom is -0.465 e. The smallest absolute Gasteiger partial charge is 0.337 e. The van der Waals surface area contributed by atoms with Crippen LogP contribution >= 0.6 is 0 Å². The van der Waals surface area contributed by atoms with Crippen LogP contribution in [-0.4, -0.2) is 28.3 Å². The van der Waals surface area contributed by atoms with Gasteiger partial charge >= 0.3 is 5.97 Å². The zero-order valence-corrected chi connectivity index (χ0v) is 14.6. The molecule has 0 radical (unpaired) electrons. The minimum absolute atomic E-state index is 0.128. The first-order chi connectivity index (χ1) is 12.5. The van der Waals surface area contributed by atoms with Crippen LogP contribution < -0.4 is 5.73 Å². The number of H-pyrrole nitrogens is 1. The maximum absolute atomic E-state index is 11.8. The minimum atomic E-state index is -0.450. The van der Waals surface area contributed by atoms with Gasteiger partial charge in [0.05, 0.1) is 24.1 Å². The van der Waals surface area contributed by atoms with Crippen molar-refractivity contribution in [3.63, 3.8) is 0 Å². The molecule has 1 aromatic carbocycles. The van der Waals surface area contributed by atoms with Crippen molar-refractivity contribution in [2.24, 2.45) is 0 Å². The van der Waals surface area contributed by atoms with E-state index in [4.69, 9.17) is 10.5 Å². The molecule has 2 aromatic heterocycles. The monoisotopic (exact) mass is 347 g/mol. The number of methoxy groups -OCH3 is 1. The van der Waals surface area contributed by atoms with E-state index in [0.29, 0.717) is 22.4 Å². The van der Waals surface area contributed by atoms with Gasteiger partial charge in [0.2, 0.25) is 0 Å². The molecule has 0 saturated carbocycles. The number of nitrogens with two attached hydrogens (primary N) is 1. The third-order valence-electron chi connectivity index (χ3n) is 4.14. The van der Waals surface area contributed by atoms with Crippen molar-refractivity contribution in [3.8, 4) is 28.5 Å². The zero-order chi connectivity index (χ0) is 18.8. The van der Waals surface area contributed by atoms with E-state index in [9.17, 15) is 10.1 Å². The van der Waals surface area contributed by atoms with E-state index in [1.54, 1.807) is 30.3 Å². The number of anilines is 1. The van der Waals surface area contributed by atoms with Gasteiger partial charge in [-0.25, -0.2) is 9.78 Å². The molecule has 3 rings (SSSR count). The number of nitrogens with one attached hydrogen (secondary N) is 1. The molecule has 7 nitrogen and oxygen atoms in total. The molecule has 3 N–H and O–H groups in total. The van der Waals surface area contributed by atoms with Crippen molar-refractivity contribution < 1.29 is 9.53 Å². The van der Waals surface area contributed by atoms with Crippen LogP contribution in [0.4, 0.5) is 5.82 Å². The third kappa shape index (κ3) is 2.89. The van der Waals surface area contributed by atoms with E-state index in [2.05, 4.69) is 21.3 Å². The van der Waals surface area contributed by atoms with Gasteiger partial charge in [0.15, 0.2) is 0 Å². The Labute approximate surface area is 150 Å². The summed E-state index contributed by atoms with van der Waals surface area (Å²) in [6.07, 6.45) is 0. The van der Waals surface area contributed by atoms with Gasteiger partial charge in [0.25, 0.3) is 0 Å². The number of rotatable bonds is 3. The number of nitrogens with zero attached hydrogens (tertiary/aromatic N) is 3. The number of hydrogen-bond acceptors (Lipinski definition) is 6. The summed E-state index contributed by atoms with van der Waals surface area (Å²) in [4.78, 5) is 16.2. The summed E-state index contributed by atoms with van der Waals surface area (Å²) in [5.74, 6) is -0.322. The molecule has 7 heteroatoms. The summed E-state index contributed by atoms with van der Waals surface area (Å²) >= 11 is 0. The standard InChI is InChI=1S/C19H17N5O2/c1-10-17(11(2)24-23-10)16-8-14(15(9-20)18(21)22-16)12-5-4-6-13(7-12)19(25)26-3/h4-8H,1-3H3,(H2,21,22)(H,23,24). The second-order valence-corrected chi connectivity index (χ2v) is 5.81. The highest BCUT2D eigenvalue weighted by Crippen LogP contribution is 2.33. The quantitative estimate of drug-likeness (QED) is 0.703. The molecule has 0 saturated heterocycles. The van der Waals surface area contributed by atoms with Crippen molar-refractivity contribution >= 4 is 11.8 Å². The van der Waals surface area contributed by atoms with Gasteiger partial charge in [-0.3, -0.25) is 5.10 Å². The fourth-order valence-corrected chi connectivity index (χ4v) is 2.90. The van der Waals surface area contributed by atoms with Crippen LogP contribution in [0.15, 0.2) is 30.3 Å². The number of nitriles is 1. The Morgan fingerprint density at radius 3 is 2.69 bits per heavy atom. The number of nitrogen functional groups attached to an aromatic ring is 1. The summed E-state index contributed by atoms with van der Waals surface area (Å²) in [7, 11) is 1.32. The summed E-state index contributed by atoms with van der Waals surface area (Å²) in [6, 6.07) is 10.7. The van der Waals surface area contributed by atoms with Crippen LogP contribution in [0, 0.1) is 25.2 Å². The molecule has 0 atom stereocenters. The van der Waals surface area contributed by atoms with Crippen molar-refractivity contribution in [2.75, 3.05) is 12.8 Å². The fourth-order valence-electron chi connectivity index (χ4n) is 2.90. The Morgan fingerprint density at radius 1 is 1.31 bits per heavy atom. The highest BCUT2D eigenvalue weighted by molar-refractivity contribution is 5.92. The molecule has 130 valence electrons. The Kier molecular flexibility index (Phi) is 4.42. The van der Waals surface area contributed by atoms with Gasteiger partial charge in [-0.15, -0.1) is 0 Å². The van der Waals surface area contributed by atoms with E-state index in [1.807, 2.05) is 13.8 Å². The normalized spacial score (nSPS) is 10.4. The second-order valence-electron chi connectivity index (χ2n) is 5.81. The largest absolute Gasteiger partial charge is 0.465 e. The van der Waals surface area contributed by atoms with Gasteiger partial charge in [0, 0.05) is 16.8 Å². The summed E-state index contributed by atoms with van der Waals surface area (Å²) < 4.78 is 4.77. The van der Waals surface area contributed by atoms with Gasteiger partial charge in [-0.2, -0.15) is 10.4 Å². The van der Waals surface area contributed by atoms with Crippen molar-refractivity contribution in [1.82, 2.24) is 15.2 Å². The first-order valence-electron chi connectivity index (χ1n) is 7.87. The maximum atomic E-state index is 11.8. The first kappa shape index (κ1) is 17.2. The predicted molar refractivity (Wildman–Crippen MR) is 97.2 cm³/mol. The average molecular weight is 347 g/mol. The van der Waals surface area contributed by atoms with E-state index in [0.717, 1.165) is 17.0 Å². The molecular weight excluding hydrogens is 330 g/mol. The number of carbonyl (C=O) groups excluding carboxylic acids is 1. The molecule has 0 unspecified atom stereocenters. The highest BCUT2D eigenvalue weighted by Gasteiger charge is 2.18. The lowest BCUT2D eigenvalue weighted by Gasteiger charge is -2.11. The molecule has 0 amide bonds. The molecule has 0 aliphatic carbocycles. The molecule has 3 aromatic rings. The number of aromatic nitrogens is 3. The van der Waals surface area contributed by atoms with Crippen LogP contribution in [-0.2, 0) is 4.74 Å². The van der Waals surface area contributed by atoms with Crippen LogP contribution in [0.5, 0.6) is 0 Å². The Bertz CT molecular complexity index is 1030. The maximum Gasteiger partial charge on any atom is 0.337 e. The summed E-state index contributed by atoms with van der Waals surface area (Å²) in [5.41, 5.74) is 11.1. The van der Waals surface area contributed by atoms with E-state index >= 15 is 0 Å². The molecule has 0 bridgehead atoms. The zero-order valence-electron chi connectivity index (χ0n) is 14.6. The van der Waals surface area contributed by atoms with Crippen molar-refractivity contribution in [2.45, 2.75) is 13.8 Å². The van der Waals surface area contributed by atoms with Crippen LogP contribution in [0.3, 0.4) is 0 Å². The number of aromatic amines is 1. The molecule has 0 fully saturated rings. The van der Waals surface area contributed by atoms with E-state index in [1.165, 1.54) is 7.11 Å². The van der Waals surface area contributed by atoms with Gasteiger partial charge in [-0.05, 0) is 37.6 Å². The molecule has 0 aliphatic rings. The third-order valence-corrected chi connectivity index (χ3v) is 4.14. The molecule has 0 aliphatic heterocycles. The number of ether oxygens (including phenoxy) is 1. The van der Waals surface area contributed by atoms with Crippen molar-refractivity contribution in [1.29, 1.82) is 5.26 Å². The average Bonchev–Trinajstić information content (AvgIpc) is 2.98. The highest BCUT2D eigenvalue weighted by atomic mass is 16.5. The van der Waals surface area contributed by atoms with Crippen molar-refractivity contribution in [3.05, 3.63) is 52.8 Å². The second kappa shape index (κ2) is 6.69. The lowest BCUT2D eigenvalue weighted by Crippen LogP contribution is -2.03. The number of pyridine rings is 1. The number of esters is 1. The van der Waals surface area contributed by atoms with Crippen LogP contribution in [0.1, 0.15) is 27.3 Å². The molecular formula is C19H17N5O2. The molecule has 26 heavy (non-hydrogen) atoms. The number of carbonyl (C=O) groups is 1. The Morgan fingerprint density at radius 2 is 2.08 bits per heavy atom. The van der Waals surface area contributed by atoms with E-state index < -0.39 is 5.97 Å². The number of aryl methyl sites for hydroxylation is 2. The van der Waals surface area contributed by atoms with Gasteiger partial charge in [-0.1, -0.05) is 12.1 Å². The number of hydrogen-bond donors (Lipinski definition) is 2. The Hall–Kier alpha value is -3.66. The topological polar surface area (TPSA) is 118 Å². The summed E-state index contributed by atoms with van der Waals surface area (Å²) in [6.45, 7) is 3.76. The van der Waals surface area contributed by atoms with Gasteiger partial charge in [0.1, 0.15) is 17.5 Å². The molecule has 2 heterocycles. The fraction of sp³-hybridized carbons (Fsp3) is 0.158. The van der Waals surface area contributed by atoms with Crippen LogP contribution in [0.25, 0.3) is 22.4 Å². The lowest BCUT2D eigenvalue weighted by molar-refractivity contribution is 0.0601. The SMILES string of the molecule is COC(=O)c1cccc(-c2cc(-c3c(C)n[nH]c3C)nc(N)c2C#N)c1. The lowest BCUT2D eigenvalue weighted by atomic mass is 9.96. The molecule has 0 spiro atoms. The van der Waals surface area contributed by atoms with Crippen LogP contribution in [0.2, 0.25) is 0 Å². The summed E-state index contributed by atoms with van der Waals surface area (Å²) in [5, 5.41) is 16.6. The van der Waals surface area contributed by atoms with E-state index in [-0.39, 0.29) is 11.4 Å². The predicted octanol–water partition coefficient (Wildman–Crippen LogP) is 3.00. The Balaban J connectivity index is 2.25. The van der Waals surface area contributed by atoms with Gasteiger partial charge < -0.3 is 10.5 Å².